The van der Waals surface area contributed by atoms with Crippen molar-refractivity contribution in [3.63, 3.8) is 0 Å². The molecule has 0 saturated carbocycles. The number of aromatic nitrogens is 1. The van der Waals surface area contributed by atoms with E-state index in [0.29, 0.717) is 5.56 Å². The van der Waals surface area contributed by atoms with Crippen molar-refractivity contribution in [2.75, 3.05) is 12.4 Å². The predicted molar refractivity (Wildman–Crippen MR) is 88.7 cm³/mol. The number of benzene rings is 1. The molecule has 0 bridgehead atoms. The third kappa shape index (κ3) is 4.70. The highest BCUT2D eigenvalue weighted by Gasteiger charge is 2.22. The number of methoxy groups -OCH3 is 1. The molecule has 0 aliphatic rings. The van der Waals surface area contributed by atoms with Gasteiger partial charge in [-0.05, 0) is 30.7 Å². The first-order valence-electron chi connectivity index (χ1n) is 7.36. The SMILES string of the molecule is CO[C@H](c1ccc(F)cc1)[C@@H](C)NC(=O)Nc1ccncc1[N+](=O)[O-]. The zero-order valence-electron chi connectivity index (χ0n) is 13.6. The normalized spacial score (nSPS) is 12.9. The molecule has 2 rings (SSSR count). The lowest BCUT2D eigenvalue weighted by atomic mass is 10.0. The lowest BCUT2D eigenvalue weighted by Gasteiger charge is -2.24. The van der Waals surface area contributed by atoms with E-state index in [1.807, 2.05) is 0 Å². The summed E-state index contributed by atoms with van der Waals surface area (Å²) in [7, 11) is 1.47. The summed E-state index contributed by atoms with van der Waals surface area (Å²) in [5, 5.41) is 16.0. The van der Waals surface area contributed by atoms with Crippen molar-refractivity contribution in [2.45, 2.75) is 19.1 Å². The molecule has 9 heteroatoms. The van der Waals surface area contributed by atoms with Crippen LogP contribution in [0, 0.1) is 15.9 Å². The van der Waals surface area contributed by atoms with Crippen molar-refractivity contribution in [3.05, 3.63) is 64.2 Å². The highest BCUT2D eigenvalue weighted by Crippen LogP contribution is 2.23. The summed E-state index contributed by atoms with van der Waals surface area (Å²) in [6.45, 7) is 1.71. The molecule has 2 aromatic rings. The number of nitrogens with one attached hydrogen (secondary N) is 2. The first kappa shape index (κ1) is 18.3. The van der Waals surface area contributed by atoms with E-state index in [-0.39, 0.29) is 17.2 Å². The maximum Gasteiger partial charge on any atom is 0.319 e. The maximum atomic E-state index is 13.0. The van der Waals surface area contributed by atoms with Gasteiger partial charge in [0.05, 0.1) is 11.0 Å². The van der Waals surface area contributed by atoms with Crippen molar-refractivity contribution in [1.29, 1.82) is 0 Å². The quantitative estimate of drug-likeness (QED) is 0.616. The Balaban J connectivity index is 2.06. The Morgan fingerprint density at radius 3 is 2.60 bits per heavy atom. The van der Waals surface area contributed by atoms with Crippen molar-refractivity contribution < 1.29 is 18.8 Å². The van der Waals surface area contributed by atoms with E-state index in [1.54, 1.807) is 19.1 Å². The number of hydrogen-bond acceptors (Lipinski definition) is 5. The number of carbonyl (C=O) groups excluding carboxylic acids is 1. The van der Waals surface area contributed by atoms with E-state index in [4.69, 9.17) is 4.74 Å². The smallest absolute Gasteiger partial charge is 0.319 e. The monoisotopic (exact) mass is 348 g/mol. The van der Waals surface area contributed by atoms with Crippen LogP contribution in [0.4, 0.5) is 20.6 Å². The third-order valence-electron chi connectivity index (χ3n) is 3.51. The summed E-state index contributed by atoms with van der Waals surface area (Å²) < 4.78 is 18.4. The third-order valence-corrected chi connectivity index (χ3v) is 3.51. The number of anilines is 1. The first-order valence-corrected chi connectivity index (χ1v) is 7.36. The van der Waals surface area contributed by atoms with Gasteiger partial charge in [-0.3, -0.25) is 15.1 Å². The molecule has 25 heavy (non-hydrogen) atoms. The summed E-state index contributed by atoms with van der Waals surface area (Å²) in [6.07, 6.45) is 1.87. The number of ether oxygens (including phenoxy) is 1. The van der Waals surface area contributed by atoms with E-state index in [1.165, 1.54) is 31.5 Å². The molecular weight excluding hydrogens is 331 g/mol. The van der Waals surface area contributed by atoms with E-state index in [0.717, 1.165) is 6.20 Å². The van der Waals surface area contributed by atoms with Gasteiger partial charge in [0.2, 0.25) is 0 Å². The molecule has 132 valence electrons. The van der Waals surface area contributed by atoms with Gasteiger partial charge >= 0.3 is 11.7 Å². The standard InChI is InChI=1S/C16H17FN4O4/c1-10(15(25-2)11-3-5-12(17)6-4-11)19-16(22)20-13-7-8-18-9-14(13)21(23)24/h3-10,15H,1-2H3,(H2,18,19,20,22)/t10-,15+/m1/s1. The van der Waals surface area contributed by atoms with Crippen LogP contribution < -0.4 is 10.6 Å². The second kappa shape index (κ2) is 8.15. The number of halogens is 1. The van der Waals surface area contributed by atoms with Crippen LogP contribution in [0.25, 0.3) is 0 Å². The average Bonchev–Trinajstić information content (AvgIpc) is 2.57. The lowest BCUT2D eigenvalue weighted by Crippen LogP contribution is -2.40. The van der Waals surface area contributed by atoms with E-state index in [2.05, 4.69) is 15.6 Å². The van der Waals surface area contributed by atoms with Gasteiger partial charge in [0.25, 0.3) is 0 Å². The minimum atomic E-state index is -0.636. The largest absolute Gasteiger partial charge is 0.375 e. The summed E-state index contributed by atoms with van der Waals surface area (Å²) in [4.78, 5) is 26.1. The van der Waals surface area contributed by atoms with Crippen molar-refractivity contribution in [3.8, 4) is 0 Å². The molecular formula is C16H17FN4O4. The van der Waals surface area contributed by atoms with Gasteiger partial charge in [-0.25, -0.2) is 9.18 Å². The fraction of sp³-hybridized carbons (Fsp3) is 0.250. The second-order valence-corrected chi connectivity index (χ2v) is 5.24. The van der Waals surface area contributed by atoms with Crippen molar-refractivity contribution >= 4 is 17.4 Å². The van der Waals surface area contributed by atoms with Crippen LogP contribution in [0.15, 0.2) is 42.7 Å². The van der Waals surface area contributed by atoms with Gasteiger partial charge in [0.15, 0.2) is 0 Å². The van der Waals surface area contributed by atoms with Crippen LogP contribution in [0.2, 0.25) is 0 Å². The zero-order valence-corrected chi connectivity index (χ0v) is 13.6. The fourth-order valence-corrected chi connectivity index (χ4v) is 2.36. The number of amides is 2. The molecule has 0 radical (unpaired) electrons. The molecule has 1 aromatic heterocycles. The lowest BCUT2D eigenvalue weighted by molar-refractivity contribution is -0.384. The van der Waals surface area contributed by atoms with Gasteiger partial charge in [-0.2, -0.15) is 0 Å². The van der Waals surface area contributed by atoms with E-state index in [9.17, 15) is 19.3 Å². The topological polar surface area (TPSA) is 106 Å². The van der Waals surface area contributed by atoms with Gasteiger partial charge in [-0.15, -0.1) is 0 Å². The summed E-state index contributed by atoms with van der Waals surface area (Å²) in [5.74, 6) is -0.373. The Kier molecular flexibility index (Phi) is 5.96. The van der Waals surface area contributed by atoms with Gasteiger partial charge in [-0.1, -0.05) is 12.1 Å². The van der Waals surface area contributed by atoms with E-state index >= 15 is 0 Å². The molecule has 2 atom stereocenters. The highest BCUT2D eigenvalue weighted by atomic mass is 19.1. The Hall–Kier alpha value is -3.07. The molecule has 0 saturated heterocycles. The van der Waals surface area contributed by atoms with Crippen molar-refractivity contribution in [2.24, 2.45) is 0 Å². The molecule has 1 heterocycles. The molecule has 0 spiro atoms. The highest BCUT2D eigenvalue weighted by molar-refractivity contribution is 5.91. The van der Waals surface area contributed by atoms with Crippen LogP contribution in [0.3, 0.4) is 0 Å². The number of urea groups is 1. The Bertz CT molecular complexity index is 754. The van der Waals surface area contributed by atoms with Gasteiger partial charge in [0, 0.05) is 13.3 Å². The van der Waals surface area contributed by atoms with Crippen LogP contribution in [-0.2, 0) is 4.74 Å². The number of pyridine rings is 1. The number of rotatable bonds is 6. The molecule has 2 amide bonds. The van der Waals surface area contributed by atoms with Gasteiger partial charge < -0.3 is 15.4 Å². The number of nitrogens with zero attached hydrogens (tertiary/aromatic N) is 2. The molecule has 0 unspecified atom stereocenters. The van der Waals surface area contributed by atoms with Crippen LogP contribution in [-0.4, -0.2) is 29.1 Å². The molecule has 1 aromatic carbocycles. The fourth-order valence-electron chi connectivity index (χ4n) is 2.36. The minimum Gasteiger partial charge on any atom is -0.375 e. The van der Waals surface area contributed by atoms with Crippen LogP contribution >= 0.6 is 0 Å². The van der Waals surface area contributed by atoms with Crippen molar-refractivity contribution in [1.82, 2.24) is 10.3 Å². The van der Waals surface area contributed by atoms with Crippen LogP contribution in [0.1, 0.15) is 18.6 Å². The predicted octanol–water partition coefficient (Wildman–Crippen LogP) is 3.03. The summed E-state index contributed by atoms with van der Waals surface area (Å²) in [6, 6.07) is 5.95. The van der Waals surface area contributed by atoms with Crippen LogP contribution in [0.5, 0.6) is 0 Å². The Labute approximate surface area is 143 Å². The average molecular weight is 348 g/mol. The molecule has 2 N–H and O–H groups in total. The molecule has 0 aliphatic carbocycles. The maximum absolute atomic E-state index is 13.0. The summed E-state index contributed by atoms with van der Waals surface area (Å²) >= 11 is 0. The van der Waals surface area contributed by atoms with E-state index < -0.39 is 23.1 Å². The summed E-state index contributed by atoms with van der Waals surface area (Å²) in [5.41, 5.74) is 0.402. The zero-order chi connectivity index (χ0) is 18.4. The number of nitro groups is 1. The molecule has 0 aliphatic heterocycles. The Morgan fingerprint density at radius 1 is 1.32 bits per heavy atom. The minimum absolute atomic E-state index is 0.0282. The second-order valence-electron chi connectivity index (χ2n) is 5.24. The molecule has 8 nitrogen and oxygen atoms in total. The first-order chi connectivity index (χ1) is 11.9. The van der Waals surface area contributed by atoms with Gasteiger partial charge in [0.1, 0.15) is 23.8 Å². The molecule has 0 fully saturated rings. The Morgan fingerprint density at radius 2 is 2.00 bits per heavy atom. The number of hydrogen-bond donors (Lipinski definition) is 2. The number of carbonyl (C=O) groups is 1.